The molecule has 1 unspecified atom stereocenters. The van der Waals surface area contributed by atoms with Crippen molar-refractivity contribution in [3.8, 4) is 0 Å². The molecule has 19 heavy (non-hydrogen) atoms. The maximum absolute atomic E-state index is 12.1. The summed E-state index contributed by atoms with van der Waals surface area (Å²) < 4.78 is 0. The summed E-state index contributed by atoms with van der Waals surface area (Å²) in [6.07, 6.45) is 5.19. The summed E-state index contributed by atoms with van der Waals surface area (Å²) >= 11 is 0. The van der Waals surface area contributed by atoms with Gasteiger partial charge in [0.2, 0.25) is 0 Å². The monoisotopic (exact) mass is 255 g/mol. The van der Waals surface area contributed by atoms with Gasteiger partial charge in [-0.3, -0.25) is 15.0 Å². The largest absolute Gasteiger partial charge is 0.345 e. The Labute approximate surface area is 109 Å². The van der Waals surface area contributed by atoms with E-state index in [4.69, 9.17) is 0 Å². The number of nitrogens with zero attached hydrogens (tertiary/aromatic N) is 2. The van der Waals surface area contributed by atoms with E-state index in [1.807, 2.05) is 13.0 Å². The molecule has 0 aliphatic rings. The van der Waals surface area contributed by atoms with Crippen LogP contribution in [0.3, 0.4) is 0 Å². The minimum absolute atomic E-state index is 0.0938. The van der Waals surface area contributed by atoms with Gasteiger partial charge in [0.25, 0.3) is 5.91 Å². The number of aromatic amines is 2. The first-order chi connectivity index (χ1) is 9.24. The molecule has 3 rings (SSSR count). The van der Waals surface area contributed by atoms with E-state index in [2.05, 4.69) is 25.7 Å². The Balaban J connectivity index is 1.79. The van der Waals surface area contributed by atoms with Crippen molar-refractivity contribution in [2.45, 2.75) is 13.0 Å². The van der Waals surface area contributed by atoms with Crippen molar-refractivity contribution in [2.75, 3.05) is 0 Å². The van der Waals surface area contributed by atoms with Gasteiger partial charge in [-0.15, -0.1) is 0 Å². The zero-order chi connectivity index (χ0) is 13.2. The third-order valence-corrected chi connectivity index (χ3v) is 3.07. The fourth-order valence-electron chi connectivity index (χ4n) is 1.94. The summed E-state index contributed by atoms with van der Waals surface area (Å²) in [6, 6.07) is 5.36. The Bertz CT molecular complexity index is 701. The quantitative estimate of drug-likeness (QED) is 0.666. The number of nitrogens with one attached hydrogen (secondary N) is 3. The van der Waals surface area contributed by atoms with E-state index < -0.39 is 0 Å². The van der Waals surface area contributed by atoms with E-state index in [-0.39, 0.29) is 11.9 Å². The molecular formula is C13H13N5O. The average Bonchev–Trinajstić information content (AvgIpc) is 3.09. The molecule has 0 saturated carbocycles. The van der Waals surface area contributed by atoms with Crippen LogP contribution in [0.5, 0.6) is 0 Å². The SMILES string of the molecule is CC(NC(=O)c1ccc2cn[nH]c2c1)c1cn[nH]c1. The lowest BCUT2D eigenvalue weighted by Crippen LogP contribution is -2.26. The summed E-state index contributed by atoms with van der Waals surface area (Å²) in [5, 5.41) is 17.3. The highest BCUT2D eigenvalue weighted by Crippen LogP contribution is 2.15. The molecule has 0 saturated heterocycles. The maximum atomic E-state index is 12.1. The van der Waals surface area contributed by atoms with Crippen molar-refractivity contribution < 1.29 is 4.79 Å². The summed E-state index contributed by atoms with van der Waals surface area (Å²) in [6.45, 7) is 1.91. The number of hydrogen-bond donors (Lipinski definition) is 3. The number of rotatable bonds is 3. The van der Waals surface area contributed by atoms with Gasteiger partial charge in [-0.05, 0) is 19.1 Å². The molecule has 0 radical (unpaired) electrons. The Kier molecular flexibility index (Phi) is 2.75. The highest BCUT2D eigenvalue weighted by atomic mass is 16.1. The fourth-order valence-corrected chi connectivity index (χ4v) is 1.94. The van der Waals surface area contributed by atoms with Crippen molar-refractivity contribution in [3.05, 3.63) is 47.9 Å². The Morgan fingerprint density at radius 2 is 2.21 bits per heavy atom. The third-order valence-electron chi connectivity index (χ3n) is 3.07. The normalized spacial score (nSPS) is 12.5. The second kappa shape index (κ2) is 4.56. The molecule has 2 heterocycles. The van der Waals surface area contributed by atoms with E-state index in [9.17, 15) is 4.79 Å². The molecular weight excluding hydrogens is 242 g/mol. The molecule has 1 amide bonds. The topological polar surface area (TPSA) is 86.5 Å². The third kappa shape index (κ3) is 2.20. The number of fused-ring (bicyclic) bond motifs is 1. The molecule has 6 nitrogen and oxygen atoms in total. The van der Waals surface area contributed by atoms with Crippen LogP contribution in [-0.4, -0.2) is 26.3 Å². The van der Waals surface area contributed by atoms with Crippen LogP contribution < -0.4 is 5.32 Å². The van der Waals surface area contributed by atoms with E-state index in [1.54, 1.807) is 30.7 Å². The van der Waals surface area contributed by atoms with Crippen LogP contribution in [0.15, 0.2) is 36.8 Å². The van der Waals surface area contributed by atoms with Gasteiger partial charge in [-0.2, -0.15) is 10.2 Å². The van der Waals surface area contributed by atoms with Gasteiger partial charge in [0.15, 0.2) is 0 Å². The van der Waals surface area contributed by atoms with Crippen LogP contribution in [0.25, 0.3) is 10.9 Å². The van der Waals surface area contributed by atoms with Crippen LogP contribution in [0.2, 0.25) is 0 Å². The predicted molar refractivity (Wildman–Crippen MR) is 70.6 cm³/mol. The zero-order valence-corrected chi connectivity index (χ0v) is 10.3. The van der Waals surface area contributed by atoms with Gasteiger partial charge in [0.05, 0.1) is 24.0 Å². The molecule has 0 fully saturated rings. The number of H-pyrrole nitrogens is 2. The van der Waals surface area contributed by atoms with Crippen molar-refractivity contribution in [2.24, 2.45) is 0 Å². The lowest BCUT2D eigenvalue weighted by molar-refractivity contribution is 0.0940. The van der Waals surface area contributed by atoms with Crippen molar-refractivity contribution >= 4 is 16.8 Å². The lowest BCUT2D eigenvalue weighted by atomic mass is 10.1. The second-order valence-corrected chi connectivity index (χ2v) is 4.40. The first kappa shape index (κ1) is 11.5. The van der Waals surface area contributed by atoms with Crippen molar-refractivity contribution in [1.82, 2.24) is 25.7 Å². The van der Waals surface area contributed by atoms with Crippen LogP contribution in [0, 0.1) is 0 Å². The molecule has 3 aromatic rings. The van der Waals surface area contributed by atoms with Gasteiger partial charge >= 0.3 is 0 Å². The van der Waals surface area contributed by atoms with E-state index >= 15 is 0 Å². The van der Waals surface area contributed by atoms with E-state index in [1.165, 1.54) is 0 Å². The van der Waals surface area contributed by atoms with Crippen LogP contribution in [0.1, 0.15) is 28.9 Å². The summed E-state index contributed by atoms with van der Waals surface area (Å²) in [7, 11) is 0. The zero-order valence-electron chi connectivity index (χ0n) is 10.3. The minimum atomic E-state index is -0.120. The molecule has 1 aromatic carbocycles. The highest BCUT2D eigenvalue weighted by Gasteiger charge is 2.12. The Morgan fingerprint density at radius 3 is 3.00 bits per heavy atom. The smallest absolute Gasteiger partial charge is 0.251 e. The van der Waals surface area contributed by atoms with Gasteiger partial charge in [-0.1, -0.05) is 6.07 Å². The first-order valence-corrected chi connectivity index (χ1v) is 5.97. The maximum Gasteiger partial charge on any atom is 0.251 e. The van der Waals surface area contributed by atoms with Gasteiger partial charge in [0, 0.05) is 22.7 Å². The molecule has 3 N–H and O–H groups in total. The van der Waals surface area contributed by atoms with Crippen LogP contribution >= 0.6 is 0 Å². The number of benzene rings is 1. The predicted octanol–water partition coefficient (Wildman–Crippen LogP) is 1.78. The summed E-state index contributed by atoms with van der Waals surface area (Å²) in [4.78, 5) is 12.1. The molecule has 1 atom stereocenters. The van der Waals surface area contributed by atoms with E-state index in [0.29, 0.717) is 5.56 Å². The van der Waals surface area contributed by atoms with Crippen molar-refractivity contribution in [1.29, 1.82) is 0 Å². The van der Waals surface area contributed by atoms with Crippen molar-refractivity contribution in [3.63, 3.8) is 0 Å². The molecule has 2 aromatic heterocycles. The molecule has 0 bridgehead atoms. The number of hydrogen-bond acceptors (Lipinski definition) is 3. The Hall–Kier alpha value is -2.63. The number of amides is 1. The number of aromatic nitrogens is 4. The van der Waals surface area contributed by atoms with Crippen LogP contribution in [0.4, 0.5) is 0 Å². The first-order valence-electron chi connectivity index (χ1n) is 5.97. The Morgan fingerprint density at radius 1 is 1.32 bits per heavy atom. The van der Waals surface area contributed by atoms with Gasteiger partial charge < -0.3 is 5.32 Å². The van der Waals surface area contributed by atoms with Gasteiger partial charge in [0.1, 0.15) is 0 Å². The highest BCUT2D eigenvalue weighted by molar-refractivity contribution is 5.97. The summed E-state index contributed by atoms with van der Waals surface area (Å²) in [5.41, 5.74) is 2.40. The van der Waals surface area contributed by atoms with Crippen LogP contribution in [-0.2, 0) is 0 Å². The molecule has 6 heteroatoms. The number of carbonyl (C=O) groups is 1. The van der Waals surface area contributed by atoms with E-state index in [0.717, 1.165) is 16.5 Å². The fraction of sp³-hybridized carbons (Fsp3) is 0.154. The standard InChI is InChI=1S/C13H13N5O/c1-8(11-6-14-15-7-11)17-13(19)9-2-3-10-5-16-18-12(10)4-9/h2-8H,1H3,(H,14,15)(H,16,18)(H,17,19). The molecule has 0 aliphatic carbocycles. The molecule has 96 valence electrons. The molecule has 0 aliphatic heterocycles. The summed E-state index contributed by atoms with van der Waals surface area (Å²) in [5.74, 6) is -0.120. The second-order valence-electron chi connectivity index (χ2n) is 4.40. The lowest BCUT2D eigenvalue weighted by Gasteiger charge is -2.11. The van der Waals surface area contributed by atoms with Gasteiger partial charge in [-0.25, -0.2) is 0 Å². The molecule has 0 spiro atoms. The average molecular weight is 255 g/mol. The minimum Gasteiger partial charge on any atom is -0.345 e. The number of carbonyl (C=O) groups excluding carboxylic acids is 1.